The maximum absolute atomic E-state index is 8.64. The summed E-state index contributed by atoms with van der Waals surface area (Å²) in [5.74, 6) is 0. The van der Waals surface area contributed by atoms with Crippen molar-refractivity contribution in [1.29, 1.82) is 0 Å². The van der Waals surface area contributed by atoms with Crippen LogP contribution in [0, 0.1) is 0 Å². The summed E-state index contributed by atoms with van der Waals surface area (Å²) in [5, 5.41) is 26.3. The van der Waals surface area contributed by atoms with E-state index in [2.05, 4.69) is 0 Å². The minimum atomic E-state index is -0.412. The lowest BCUT2D eigenvalue weighted by atomic mass is 10.3. The maximum Gasteiger partial charge on any atom is 0.0685 e. The summed E-state index contributed by atoms with van der Waals surface area (Å²) >= 11 is 0. The molecule has 13 heavy (non-hydrogen) atoms. The molecule has 82 valence electrons. The van der Waals surface area contributed by atoms with Crippen LogP contribution in [-0.2, 0) is 0 Å². The van der Waals surface area contributed by atoms with E-state index in [-0.39, 0.29) is 6.54 Å². The number of aliphatic hydroxyl groups is 1. The Hall–Kier alpha value is -0.200. The Labute approximate surface area is 79.9 Å². The van der Waals surface area contributed by atoms with Crippen molar-refractivity contribution in [3.05, 3.63) is 0 Å². The first-order valence-electron chi connectivity index (χ1n) is 4.61. The molecule has 0 radical (unpaired) electrons. The summed E-state index contributed by atoms with van der Waals surface area (Å²) in [6.07, 6.45) is 0.262. The molecule has 0 aromatic carbocycles. The molecule has 5 nitrogen and oxygen atoms in total. The molecule has 1 unspecified atom stereocenters. The van der Waals surface area contributed by atoms with E-state index < -0.39 is 6.10 Å². The normalized spacial score (nSPS) is 12.2. The number of nitrogens with zero attached hydrogens (tertiary/aromatic N) is 1. The lowest BCUT2D eigenvalue weighted by molar-refractivity contribution is -0.0813. The minimum absolute atomic E-state index is 0.260. The molecule has 0 saturated heterocycles. The molecule has 0 bridgehead atoms. The molecule has 0 saturated carbocycles. The Morgan fingerprint density at radius 3 is 1.77 bits per heavy atom. The number of hydroxylamine groups is 3. The number of hydrogen-bond acceptors (Lipinski definition) is 5. The van der Waals surface area contributed by atoms with Crippen molar-refractivity contribution >= 4 is 0 Å². The first-order valence-corrected chi connectivity index (χ1v) is 4.61. The highest BCUT2D eigenvalue weighted by molar-refractivity contribution is 4.49. The molecule has 0 fully saturated rings. The molecule has 0 heterocycles. The van der Waals surface area contributed by atoms with Gasteiger partial charge >= 0.3 is 0 Å². The zero-order valence-corrected chi connectivity index (χ0v) is 8.69. The average Bonchev–Trinajstić information content (AvgIpc) is 2.18. The van der Waals surface area contributed by atoms with Crippen LogP contribution in [0.2, 0.25) is 0 Å². The largest absolute Gasteiger partial charge is 0.392 e. The maximum atomic E-state index is 8.64. The summed E-state index contributed by atoms with van der Waals surface area (Å²) in [6.45, 7) is 7.36. The number of hydrogen-bond donors (Lipinski definition) is 4. The lowest BCUT2D eigenvalue weighted by Gasteiger charge is -2.05. The Kier molecular flexibility index (Phi) is 13.9. The SMILES string of the molecule is CCC(O)CNO.CCN(O)CC. The zero-order valence-electron chi connectivity index (χ0n) is 8.69. The fourth-order valence-electron chi connectivity index (χ4n) is 0.473. The molecule has 0 aromatic rings. The Morgan fingerprint density at radius 2 is 1.69 bits per heavy atom. The van der Waals surface area contributed by atoms with E-state index in [0.29, 0.717) is 6.42 Å². The van der Waals surface area contributed by atoms with Crippen molar-refractivity contribution in [3.8, 4) is 0 Å². The molecule has 5 heteroatoms. The van der Waals surface area contributed by atoms with Crippen molar-refractivity contribution < 1.29 is 15.5 Å². The van der Waals surface area contributed by atoms with Crippen molar-refractivity contribution in [2.45, 2.75) is 33.3 Å². The fraction of sp³-hybridized carbons (Fsp3) is 1.00. The molecule has 0 aliphatic carbocycles. The van der Waals surface area contributed by atoms with E-state index in [4.69, 9.17) is 15.5 Å². The Morgan fingerprint density at radius 1 is 1.23 bits per heavy atom. The van der Waals surface area contributed by atoms with Crippen LogP contribution in [-0.4, -0.2) is 46.3 Å². The Bertz CT molecular complexity index is 89.5. The molecule has 0 aromatic heterocycles. The van der Waals surface area contributed by atoms with Crippen molar-refractivity contribution in [1.82, 2.24) is 10.5 Å². The van der Waals surface area contributed by atoms with Crippen molar-refractivity contribution in [2.24, 2.45) is 0 Å². The van der Waals surface area contributed by atoms with Crippen LogP contribution < -0.4 is 5.48 Å². The zero-order chi connectivity index (χ0) is 10.7. The van der Waals surface area contributed by atoms with Gasteiger partial charge < -0.3 is 15.5 Å². The Balaban J connectivity index is 0. The highest BCUT2D eigenvalue weighted by Crippen LogP contribution is 1.83. The van der Waals surface area contributed by atoms with Gasteiger partial charge in [0.05, 0.1) is 6.10 Å². The molecule has 0 spiro atoms. The minimum Gasteiger partial charge on any atom is -0.392 e. The standard InChI is InChI=1S/C4H11NO2.C4H11NO/c1-2-4(6)3-5-7;1-3-5(6)4-2/h4-7H,2-3H2,1H3;6H,3-4H2,1-2H3. The molecular formula is C8H22N2O3. The average molecular weight is 194 g/mol. The second-order valence-electron chi connectivity index (χ2n) is 2.56. The monoisotopic (exact) mass is 194 g/mol. The lowest BCUT2D eigenvalue weighted by Crippen LogP contribution is -2.22. The van der Waals surface area contributed by atoms with Crippen LogP contribution in [0.15, 0.2) is 0 Å². The van der Waals surface area contributed by atoms with Gasteiger partial charge in [-0.25, -0.2) is 5.48 Å². The molecule has 4 N–H and O–H groups in total. The van der Waals surface area contributed by atoms with Gasteiger partial charge in [0.1, 0.15) is 0 Å². The fourth-order valence-corrected chi connectivity index (χ4v) is 0.473. The summed E-state index contributed by atoms with van der Waals surface area (Å²) in [4.78, 5) is 0. The van der Waals surface area contributed by atoms with Gasteiger partial charge in [0.25, 0.3) is 0 Å². The molecule has 0 aliphatic heterocycles. The smallest absolute Gasteiger partial charge is 0.0685 e. The second-order valence-corrected chi connectivity index (χ2v) is 2.56. The molecule has 0 rings (SSSR count). The third-order valence-electron chi connectivity index (χ3n) is 1.53. The van der Waals surface area contributed by atoms with Crippen LogP contribution in [0.3, 0.4) is 0 Å². The van der Waals surface area contributed by atoms with Crippen molar-refractivity contribution in [3.63, 3.8) is 0 Å². The van der Waals surface area contributed by atoms with E-state index >= 15 is 0 Å². The first-order chi connectivity index (χ1) is 6.12. The third kappa shape index (κ3) is 14.6. The molecule has 1 atom stereocenters. The van der Waals surface area contributed by atoms with E-state index in [9.17, 15) is 0 Å². The van der Waals surface area contributed by atoms with Gasteiger partial charge in [-0.05, 0) is 6.42 Å². The summed E-state index contributed by atoms with van der Waals surface area (Å²) < 4.78 is 0. The summed E-state index contributed by atoms with van der Waals surface area (Å²) in [5.41, 5.74) is 1.87. The summed E-state index contributed by atoms with van der Waals surface area (Å²) in [6, 6.07) is 0. The van der Waals surface area contributed by atoms with Gasteiger partial charge in [0.15, 0.2) is 0 Å². The van der Waals surface area contributed by atoms with Gasteiger partial charge in [-0.3, -0.25) is 0 Å². The number of rotatable bonds is 5. The predicted molar refractivity (Wildman–Crippen MR) is 50.8 cm³/mol. The topological polar surface area (TPSA) is 76.0 Å². The van der Waals surface area contributed by atoms with E-state index in [1.54, 1.807) is 0 Å². The molecule has 0 aliphatic rings. The number of nitrogens with one attached hydrogen (secondary N) is 1. The van der Waals surface area contributed by atoms with Gasteiger partial charge in [-0.1, -0.05) is 20.8 Å². The van der Waals surface area contributed by atoms with Crippen LogP contribution in [0.5, 0.6) is 0 Å². The van der Waals surface area contributed by atoms with Gasteiger partial charge in [-0.2, -0.15) is 5.06 Å². The van der Waals surface area contributed by atoms with Crippen LogP contribution in [0.4, 0.5) is 0 Å². The highest BCUT2D eigenvalue weighted by atomic mass is 16.5. The quantitative estimate of drug-likeness (QED) is 0.478. The highest BCUT2D eigenvalue weighted by Gasteiger charge is 1.94. The number of aliphatic hydroxyl groups excluding tert-OH is 1. The van der Waals surface area contributed by atoms with E-state index in [1.165, 1.54) is 5.06 Å². The van der Waals surface area contributed by atoms with Crippen LogP contribution >= 0.6 is 0 Å². The first kappa shape index (κ1) is 15.3. The van der Waals surface area contributed by atoms with Crippen LogP contribution in [0.1, 0.15) is 27.2 Å². The molecular weight excluding hydrogens is 172 g/mol. The van der Waals surface area contributed by atoms with Gasteiger partial charge in [0, 0.05) is 19.6 Å². The summed E-state index contributed by atoms with van der Waals surface area (Å²) in [7, 11) is 0. The van der Waals surface area contributed by atoms with E-state index in [1.807, 2.05) is 26.3 Å². The third-order valence-corrected chi connectivity index (χ3v) is 1.53. The molecule has 0 amide bonds. The van der Waals surface area contributed by atoms with E-state index in [0.717, 1.165) is 13.1 Å². The van der Waals surface area contributed by atoms with Crippen molar-refractivity contribution in [2.75, 3.05) is 19.6 Å². The second kappa shape index (κ2) is 11.8. The van der Waals surface area contributed by atoms with Crippen LogP contribution in [0.25, 0.3) is 0 Å². The van der Waals surface area contributed by atoms with Gasteiger partial charge in [-0.15, -0.1) is 0 Å². The predicted octanol–water partition coefficient (Wildman–Crippen LogP) is 0.453. The van der Waals surface area contributed by atoms with Gasteiger partial charge in [0.2, 0.25) is 0 Å².